The number of hydrogen-bond acceptors (Lipinski definition) is 2. The van der Waals surface area contributed by atoms with Crippen molar-refractivity contribution in [2.45, 2.75) is 24.5 Å². The first-order valence-corrected chi connectivity index (χ1v) is 5.38. The van der Waals surface area contributed by atoms with Crippen molar-refractivity contribution in [3.63, 3.8) is 0 Å². The first kappa shape index (κ1) is 17.6. The molecule has 0 fully saturated rings. The first-order valence-electron chi connectivity index (χ1n) is 5.38. The van der Waals surface area contributed by atoms with E-state index in [0.717, 1.165) is 6.07 Å². The van der Waals surface area contributed by atoms with Gasteiger partial charge in [-0.25, -0.2) is 8.78 Å². The Kier molecular flexibility index (Phi) is 5.16. The van der Waals surface area contributed by atoms with Crippen molar-refractivity contribution in [2.75, 3.05) is 6.61 Å². The summed E-state index contributed by atoms with van der Waals surface area (Å²) >= 11 is 0. The maximum atomic E-state index is 12.9. The van der Waals surface area contributed by atoms with Crippen LogP contribution in [0.15, 0.2) is 18.2 Å². The number of benzene rings is 1. The van der Waals surface area contributed by atoms with Gasteiger partial charge >= 0.3 is 12.4 Å². The highest BCUT2D eigenvalue weighted by Crippen LogP contribution is 2.36. The summed E-state index contributed by atoms with van der Waals surface area (Å²) in [7, 11) is 0. The third-order valence-electron chi connectivity index (χ3n) is 2.41. The molecule has 0 radical (unpaired) electrons. The minimum absolute atomic E-state index is 0.197. The third kappa shape index (κ3) is 4.81. The lowest BCUT2D eigenvalue weighted by atomic mass is 10.1. The molecule has 120 valence electrons. The van der Waals surface area contributed by atoms with Gasteiger partial charge in [-0.15, -0.1) is 0 Å². The van der Waals surface area contributed by atoms with E-state index in [1.54, 1.807) is 0 Å². The van der Waals surface area contributed by atoms with Crippen molar-refractivity contribution in [3.8, 4) is 0 Å². The molecule has 2 N–H and O–H groups in total. The minimum atomic E-state index is -5.66. The summed E-state index contributed by atoms with van der Waals surface area (Å²) in [5.41, 5.74) is 5.10. The summed E-state index contributed by atoms with van der Waals surface area (Å²) in [4.78, 5) is 0. The Labute approximate surface area is 113 Å². The van der Waals surface area contributed by atoms with Gasteiger partial charge in [0.2, 0.25) is 6.10 Å². The highest BCUT2D eigenvalue weighted by Gasteiger charge is 2.58. The van der Waals surface area contributed by atoms with Gasteiger partial charge in [0.05, 0.1) is 12.6 Å². The molecule has 2 nitrogen and oxygen atoms in total. The summed E-state index contributed by atoms with van der Waals surface area (Å²) in [5, 5.41) is 0. The standard InChI is InChI=1S/C11H9F8NO/c12-6-2-1-5(3-7(6)13)8(20)4-21-9(10(14,15)16)11(17,18)19/h1-3,8-9H,4,20H2. The zero-order chi connectivity index (χ0) is 16.4. The topological polar surface area (TPSA) is 35.2 Å². The Bertz CT molecular complexity index is 470. The van der Waals surface area contributed by atoms with E-state index in [1.807, 2.05) is 0 Å². The van der Waals surface area contributed by atoms with Crippen LogP contribution in [0.3, 0.4) is 0 Å². The van der Waals surface area contributed by atoms with Crippen molar-refractivity contribution in [1.29, 1.82) is 0 Å². The van der Waals surface area contributed by atoms with E-state index in [2.05, 4.69) is 4.74 Å². The van der Waals surface area contributed by atoms with Gasteiger partial charge in [0.25, 0.3) is 0 Å². The lowest BCUT2D eigenvalue weighted by molar-refractivity contribution is -0.322. The number of alkyl halides is 6. The van der Waals surface area contributed by atoms with E-state index in [0.29, 0.717) is 12.1 Å². The van der Waals surface area contributed by atoms with Gasteiger partial charge in [-0.3, -0.25) is 0 Å². The van der Waals surface area contributed by atoms with Crippen LogP contribution in [0.5, 0.6) is 0 Å². The zero-order valence-electron chi connectivity index (χ0n) is 10.1. The minimum Gasteiger partial charge on any atom is -0.359 e. The lowest BCUT2D eigenvalue weighted by Gasteiger charge is -2.24. The number of halogens is 8. The van der Waals surface area contributed by atoms with E-state index >= 15 is 0 Å². The molecule has 21 heavy (non-hydrogen) atoms. The molecule has 1 unspecified atom stereocenters. The van der Waals surface area contributed by atoms with Crippen LogP contribution in [0.2, 0.25) is 0 Å². The van der Waals surface area contributed by atoms with Gasteiger partial charge < -0.3 is 10.5 Å². The number of rotatable bonds is 4. The molecule has 1 aromatic rings. The fourth-order valence-electron chi connectivity index (χ4n) is 1.41. The van der Waals surface area contributed by atoms with Gasteiger partial charge in [-0.2, -0.15) is 26.3 Å². The Hall–Kier alpha value is -1.42. The SMILES string of the molecule is NC(COC(C(F)(F)F)C(F)(F)F)c1ccc(F)c(F)c1. The maximum Gasteiger partial charge on any atom is 0.423 e. The van der Waals surface area contributed by atoms with Crippen LogP contribution < -0.4 is 5.73 Å². The van der Waals surface area contributed by atoms with Crippen molar-refractivity contribution in [2.24, 2.45) is 5.73 Å². The van der Waals surface area contributed by atoms with Crippen LogP contribution in [0.4, 0.5) is 35.1 Å². The lowest BCUT2D eigenvalue weighted by Crippen LogP contribution is -2.45. The second-order valence-electron chi connectivity index (χ2n) is 4.08. The van der Waals surface area contributed by atoms with Crippen LogP contribution in [-0.4, -0.2) is 25.1 Å². The molecule has 0 aliphatic heterocycles. The van der Waals surface area contributed by atoms with Gasteiger partial charge in [0, 0.05) is 0 Å². The normalized spacial score (nSPS) is 14.6. The van der Waals surface area contributed by atoms with Gasteiger partial charge in [0.15, 0.2) is 11.6 Å². The molecule has 0 spiro atoms. The van der Waals surface area contributed by atoms with Crippen LogP contribution in [-0.2, 0) is 4.74 Å². The molecular weight excluding hydrogens is 314 g/mol. The van der Waals surface area contributed by atoms with Crippen molar-refractivity contribution >= 4 is 0 Å². The third-order valence-corrected chi connectivity index (χ3v) is 2.41. The van der Waals surface area contributed by atoms with Crippen LogP contribution in [0, 0.1) is 11.6 Å². The van der Waals surface area contributed by atoms with E-state index in [4.69, 9.17) is 5.73 Å². The second-order valence-corrected chi connectivity index (χ2v) is 4.08. The zero-order valence-corrected chi connectivity index (χ0v) is 10.1. The fraction of sp³-hybridized carbons (Fsp3) is 0.455. The predicted molar refractivity (Wildman–Crippen MR) is 55.1 cm³/mol. The Balaban J connectivity index is 2.78. The van der Waals surface area contributed by atoms with E-state index in [9.17, 15) is 35.1 Å². The molecule has 0 aliphatic carbocycles. The molecule has 0 heterocycles. The van der Waals surface area contributed by atoms with Crippen LogP contribution in [0.1, 0.15) is 11.6 Å². The monoisotopic (exact) mass is 323 g/mol. The van der Waals surface area contributed by atoms with Crippen molar-refractivity contribution in [3.05, 3.63) is 35.4 Å². The average molecular weight is 323 g/mol. The molecule has 0 aromatic heterocycles. The Morgan fingerprint density at radius 2 is 1.48 bits per heavy atom. The average Bonchev–Trinajstić information content (AvgIpc) is 2.29. The summed E-state index contributed by atoms with van der Waals surface area (Å²) in [6.07, 6.45) is -15.3. The van der Waals surface area contributed by atoms with E-state index in [1.165, 1.54) is 0 Å². The van der Waals surface area contributed by atoms with Gasteiger partial charge in [0.1, 0.15) is 0 Å². The van der Waals surface area contributed by atoms with Gasteiger partial charge in [-0.1, -0.05) is 6.07 Å². The fourth-order valence-corrected chi connectivity index (χ4v) is 1.41. The summed E-state index contributed by atoms with van der Waals surface area (Å²) in [6.45, 7) is -1.17. The van der Waals surface area contributed by atoms with Crippen molar-refractivity contribution < 1.29 is 39.9 Å². The molecule has 0 saturated carbocycles. The Morgan fingerprint density at radius 1 is 0.952 bits per heavy atom. The molecule has 0 saturated heterocycles. The Morgan fingerprint density at radius 3 is 1.90 bits per heavy atom. The van der Waals surface area contributed by atoms with E-state index < -0.39 is 42.7 Å². The molecule has 0 bridgehead atoms. The van der Waals surface area contributed by atoms with E-state index in [-0.39, 0.29) is 5.56 Å². The quantitative estimate of drug-likeness (QED) is 0.861. The second kappa shape index (κ2) is 6.14. The van der Waals surface area contributed by atoms with Crippen LogP contribution >= 0.6 is 0 Å². The summed E-state index contributed by atoms with van der Waals surface area (Å²) in [5.74, 6) is -2.55. The highest BCUT2D eigenvalue weighted by molar-refractivity contribution is 5.21. The van der Waals surface area contributed by atoms with Gasteiger partial charge in [-0.05, 0) is 17.7 Å². The predicted octanol–water partition coefficient (Wildman–Crippen LogP) is 3.47. The summed E-state index contributed by atoms with van der Waals surface area (Å²) in [6, 6.07) is 0.671. The first-order chi connectivity index (χ1) is 9.43. The number of ether oxygens (including phenoxy) is 1. The number of hydrogen-bond donors (Lipinski definition) is 1. The molecule has 0 amide bonds. The largest absolute Gasteiger partial charge is 0.423 e. The molecule has 1 atom stereocenters. The molecule has 1 aromatic carbocycles. The van der Waals surface area contributed by atoms with Crippen LogP contribution in [0.25, 0.3) is 0 Å². The van der Waals surface area contributed by atoms with Crippen molar-refractivity contribution in [1.82, 2.24) is 0 Å². The smallest absolute Gasteiger partial charge is 0.359 e. The molecule has 10 heteroatoms. The molecular formula is C11H9F8NO. The maximum absolute atomic E-state index is 12.9. The number of nitrogens with two attached hydrogens (primary N) is 1. The molecule has 0 aliphatic rings. The summed E-state index contributed by atoms with van der Waals surface area (Å²) < 4.78 is 102. The molecule has 1 rings (SSSR count). The highest BCUT2D eigenvalue weighted by atomic mass is 19.4.